The van der Waals surface area contributed by atoms with E-state index in [4.69, 9.17) is 5.26 Å². The molecule has 0 amide bonds. The molecule has 0 spiro atoms. The predicted molar refractivity (Wildman–Crippen MR) is 98.1 cm³/mol. The summed E-state index contributed by atoms with van der Waals surface area (Å²) in [6, 6.07) is 15.2. The summed E-state index contributed by atoms with van der Waals surface area (Å²) in [7, 11) is 0. The highest BCUT2D eigenvalue weighted by Gasteiger charge is 2.03. The van der Waals surface area contributed by atoms with E-state index in [1.807, 2.05) is 12.1 Å². The van der Waals surface area contributed by atoms with E-state index in [1.54, 1.807) is 6.07 Å². The van der Waals surface area contributed by atoms with Gasteiger partial charge in [-0.25, -0.2) is 4.39 Å². The second kappa shape index (κ2) is 9.67. The van der Waals surface area contributed by atoms with Crippen LogP contribution in [0.5, 0.6) is 0 Å². The van der Waals surface area contributed by atoms with Crippen LogP contribution in [0.4, 0.5) is 4.39 Å². The lowest BCUT2D eigenvalue weighted by Gasteiger charge is -2.04. The van der Waals surface area contributed by atoms with Crippen LogP contribution in [0.3, 0.4) is 0 Å². The minimum atomic E-state index is -0.432. The van der Waals surface area contributed by atoms with E-state index >= 15 is 0 Å². The zero-order chi connectivity index (χ0) is 17.2. The van der Waals surface area contributed by atoms with Gasteiger partial charge in [-0.1, -0.05) is 62.2 Å². The lowest BCUT2D eigenvalue weighted by Crippen LogP contribution is -1.94. The van der Waals surface area contributed by atoms with Gasteiger partial charge in [0.25, 0.3) is 0 Å². The number of allylic oxidation sites excluding steroid dienone is 1. The maximum atomic E-state index is 13.6. The van der Waals surface area contributed by atoms with Crippen LogP contribution in [0.15, 0.2) is 48.5 Å². The molecule has 0 radical (unpaired) electrons. The molecule has 2 aromatic rings. The molecule has 0 aliphatic rings. The number of rotatable bonds is 8. The Morgan fingerprint density at radius 3 is 2.38 bits per heavy atom. The first-order chi connectivity index (χ1) is 11.7. The van der Waals surface area contributed by atoms with Gasteiger partial charge in [0.15, 0.2) is 0 Å². The maximum Gasteiger partial charge on any atom is 0.141 e. The summed E-state index contributed by atoms with van der Waals surface area (Å²) < 4.78 is 13.6. The summed E-state index contributed by atoms with van der Waals surface area (Å²) in [5.41, 5.74) is 3.49. The molecule has 0 atom stereocenters. The van der Waals surface area contributed by atoms with Crippen molar-refractivity contribution in [1.82, 2.24) is 0 Å². The summed E-state index contributed by atoms with van der Waals surface area (Å²) in [4.78, 5) is 0. The first-order valence-electron chi connectivity index (χ1n) is 8.67. The fraction of sp³-hybridized carbons (Fsp3) is 0.318. The maximum absolute atomic E-state index is 13.6. The summed E-state index contributed by atoms with van der Waals surface area (Å²) in [5, 5.41) is 8.75. The smallest absolute Gasteiger partial charge is 0.141 e. The van der Waals surface area contributed by atoms with Crippen molar-refractivity contribution >= 4 is 6.08 Å². The number of nitriles is 1. The molecule has 0 fully saturated rings. The van der Waals surface area contributed by atoms with Crippen LogP contribution in [0.25, 0.3) is 6.08 Å². The SMILES string of the molecule is CCCCCC=Cc1ccc(CCc2ccc(C#N)c(F)c2)cc1. The Bertz CT molecular complexity index is 708. The molecule has 24 heavy (non-hydrogen) atoms. The minimum Gasteiger partial charge on any atom is -0.206 e. The van der Waals surface area contributed by atoms with Gasteiger partial charge in [-0.3, -0.25) is 0 Å². The Labute approximate surface area is 144 Å². The van der Waals surface area contributed by atoms with E-state index < -0.39 is 5.82 Å². The number of halogens is 1. The predicted octanol–water partition coefficient (Wildman–Crippen LogP) is 6.08. The van der Waals surface area contributed by atoms with Crippen LogP contribution < -0.4 is 0 Å². The first-order valence-corrected chi connectivity index (χ1v) is 8.67. The molecule has 0 unspecified atom stereocenters. The monoisotopic (exact) mass is 321 g/mol. The van der Waals surface area contributed by atoms with Crippen LogP contribution in [0.2, 0.25) is 0 Å². The number of nitrogens with zero attached hydrogens (tertiary/aromatic N) is 1. The molecule has 1 nitrogen and oxygen atoms in total. The van der Waals surface area contributed by atoms with Crippen molar-refractivity contribution in [3.63, 3.8) is 0 Å². The van der Waals surface area contributed by atoms with Crippen LogP contribution in [-0.2, 0) is 12.8 Å². The third-order valence-electron chi connectivity index (χ3n) is 4.12. The molecule has 0 bridgehead atoms. The second-order valence-corrected chi connectivity index (χ2v) is 6.07. The normalized spacial score (nSPS) is 10.9. The van der Waals surface area contributed by atoms with E-state index in [0.717, 1.165) is 24.8 Å². The molecule has 2 rings (SSSR count). The second-order valence-electron chi connectivity index (χ2n) is 6.07. The summed E-state index contributed by atoms with van der Waals surface area (Å²) in [5.74, 6) is -0.432. The Balaban J connectivity index is 1.85. The van der Waals surface area contributed by atoms with Crippen LogP contribution in [0.1, 0.15) is 54.9 Å². The molecule has 0 heterocycles. The van der Waals surface area contributed by atoms with Crippen LogP contribution in [-0.4, -0.2) is 0 Å². The summed E-state index contributed by atoms with van der Waals surface area (Å²) in [6.07, 6.45) is 11.0. The summed E-state index contributed by atoms with van der Waals surface area (Å²) in [6.45, 7) is 2.22. The minimum absolute atomic E-state index is 0.105. The Morgan fingerprint density at radius 2 is 1.71 bits per heavy atom. The molecule has 124 valence electrons. The van der Waals surface area contributed by atoms with E-state index in [9.17, 15) is 4.39 Å². The third kappa shape index (κ3) is 5.66. The van der Waals surface area contributed by atoms with Crippen molar-refractivity contribution in [2.75, 3.05) is 0 Å². The highest BCUT2D eigenvalue weighted by Crippen LogP contribution is 2.14. The van der Waals surface area contributed by atoms with Gasteiger partial charge in [0.05, 0.1) is 5.56 Å². The highest BCUT2D eigenvalue weighted by atomic mass is 19.1. The quantitative estimate of drug-likeness (QED) is 0.541. The lowest BCUT2D eigenvalue weighted by atomic mass is 10.0. The molecule has 0 aliphatic heterocycles. The fourth-order valence-electron chi connectivity index (χ4n) is 2.62. The molecular formula is C22H24FN. The van der Waals surface area contributed by atoms with Crippen molar-refractivity contribution < 1.29 is 4.39 Å². The molecule has 2 heteroatoms. The van der Waals surface area contributed by atoms with Gasteiger partial charge < -0.3 is 0 Å². The van der Waals surface area contributed by atoms with Gasteiger partial charge in [-0.05, 0) is 54.5 Å². The average molecular weight is 321 g/mol. The number of benzene rings is 2. The van der Waals surface area contributed by atoms with Crippen LogP contribution in [0, 0.1) is 17.1 Å². The Hall–Kier alpha value is -2.40. The Kier molecular flexibility index (Phi) is 7.23. The number of unbranched alkanes of at least 4 members (excludes halogenated alkanes) is 3. The number of hydrogen-bond acceptors (Lipinski definition) is 1. The highest BCUT2D eigenvalue weighted by molar-refractivity contribution is 5.49. The van der Waals surface area contributed by atoms with E-state index in [-0.39, 0.29) is 5.56 Å². The van der Waals surface area contributed by atoms with Gasteiger partial charge in [0.1, 0.15) is 11.9 Å². The molecule has 0 saturated heterocycles. The molecule has 2 aromatic carbocycles. The fourth-order valence-corrected chi connectivity index (χ4v) is 2.62. The van der Waals surface area contributed by atoms with Crippen molar-refractivity contribution in [1.29, 1.82) is 5.26 Å². The molecule has 0 aliphatic carbocycles. The third-order valence-corrected chi connectivity index (χ3v) is 4.12. The van der Waals surface area contributed by atoms with Gasteiger partial charge in [-0.2, -0.15) is 5.26 Å². The number of aryl methyl sites for hydroxylation is 2. The van der Waals surface area contributed by atoms with Crippen molar-refractivity contribution in [2.45, 2.75) is 45.4 Å². The average Bonchev–Trinajstić information content (AvgIpc) is 2.61. The zero-order valence-corrected chi connectivity index (χ0v) is 14.3. The van der Waals surface area contributed by atoms with Crippen LogP contribution >= 0.6 is 0 Å². The van der Waals surface area contributed by atoms with Crippen molar-refractivity contribution in [3.8, 4) is 6.07 Å². The number of hydrogen-bond donors (Lipinski definition) is 0. The van der Waals surface area contributed by atoms with E-state index in [0.29, 0.717) is 0 Å². The lowest BCUT2D eigenvalue weighted by molar-refractivity contribution is 0.621. The van der Waals surface area contributed by atoms with Crippen molar-refractivity contribution in [2.24, 2.45) is 0 Å². The van der Waals surface area contributed by atoms with E-state index in [2.05, 4.69) is 43.3 Å². The first kappa shape index (κ1) is 17.9. The van der Waals surface area contributed by atoms with Gasteiger partial charge >= 0.3 is 0 Å². The molecular weight excluding hydrogens is 297 g/mol. The summed E-state index contributed by atoms with van der Waals surface area (Å²) >= 11 is 0. The molecule has 0 N–H and O–H groups in total. The molecule has 0 saturated carbocycles. The molecule has 0 aromatic heterocycles. The van der Waals surface area contributed by atoms with Gasteiger partial charge in [0, 0.05) is 0 Å². The largest absolute Gasteiger partial charge is 0.206 e. The topological polar surface area (TPSA) is 23.8 Å². The van der Waals surface area contributed by atoms with Gasteiger partial charge in [0.2, 0.25) is 0 Å². The zero-order valence-electron chi connectivity index (χ0n) is 14.3. The Morgan fingerprint density at radius 1 is 1.00 bits per heavy atom. The van der Waals surface area contributed by atoms with Gasteiger partial charge in [-0.15, -0.1) is 0 Å². The van der Waals surface area contributed by atoms with E-state index in [1.165, 1.54) is 36.5 Å². The standard InChI is InChI=1S/C22H24FN/c1-2-3-4-5-6-7-18-8-10-19(11-9-18)12-13-20-14-15-21(17-24)22(23)16-20/h6-11,14-16H,2-5,12-13H2,1H3. The van der Waals surface area contributed by atoms with Crippen molar-refractivity contribution in [3.05, 3.63) is 76.6 Å².